The van der Waals surface area contributed by atoms with E-state index in [1.54, 1.807) is 27.9 Å². The Kier molecular flexibility index (Phi) is 7.97. The third kappa shape index (κ3) is 5.97. The lowest BCUT2D eigenvalue weighted by molar-refractivity contribution is -0.126. The maximum absolute atomic E-state index is 13.6. The zero-order chi connectivity index (χ0) is 24.8. The van der Waals surface area contributed by atoms with Crippen molar-refractivity contribution in [2.45, 2.75) is 39.2 Å². The molecule has 2 amide bonds. The van der Waals surface area contributed by atoms with E-state index < -0.39 is 0 Å². The highest BCUT2D eigenvalue weighted by Crippen LogP contribution is 2.24. The van der Waals surface area contributed by atoms with Crippen LogP contribution < -0.4 is 5.32 Å². The predicted molar refractivity (Wildman–Crippen MR) is 130 cm³/mol. The second kappa shape index (κ2) is 11.3. The molecule has 8 nitrogen and oxygen atoms in total. The van der Waals surface area contributed by atoms with Crippen molar-refractivity contribution in [3.63, 3.8) is 0 Å². The molecule has 0 bridgehead atoms. The van der Waals surface area contributed by atoms with Gasteiger partial charge in [-0.2, -0.15) is 5.10 Å². The lowest BCUT2D eigenvalue weighted by atomic mass is 9.96. The van der Waals surface area contributed by atoms with E-state index in [-0.39, 0.29) is 29.7 Å². The van der Waals surface area contributed by atoms with E-state index in [9.17, 15) is 14.0 Å². The molecule has 2 aromatic heterocycles. The van der Waals surface area contributed by atoms with E-state index in [0.717, 1.165) is 19.3 Å². The number of carbonyl (C=O) groups is 2. The Morgan fingerprint density at radius 3 is 2.66 bits per heavy atom. The van der Waals surface area contributed by atoms with E-state index in [0.29, 0.717) is 43.3 Å². The van der Waals surface area contributed by atoms with Gasteiger partial charge in [-0.05, 0) is 69.5 Å². The summed E-state index contributed by atoms with van der Waals surface area (Å²) < 4.78 is 22.4. The van der Waals surface area contributed by atoms with Crippen LogP contribution in [-0.2, 0) is 9.53 Å². The molecular weight excluding hydrogens is 449 g/mol. The van der Waals surface area contributed by atoms with Gasteiger partial charge in [0.25, 0.3) is 5.91 Å². The molecule has 1 saturated heterocycles. The summed E-state index contributed by atoms with van der Waals surface area (Å²) in [5, 5.41) is 7.43. The van der Waals surface area contributed by atoms with E-state index in [1.807, 2.05) is 42.9 Å². The standard InChI is InChI=1S/C26H32FN5O3/c1-19(2)35-16-6-12-28-24(33)20-7-5-15-31(18-20)26(34)23-17-29-32(22-10-8-21(27)9-11-22)25(23)30-13-3-4-14-30/h3-4,8-11,13-14,17,19-20H,5-7,12,15-16,18H2,1-2H3,(H,28,33)/t20-/m0/s1. The lowest BCUT2D eigenvalue weighted by Gasteiger charge is -2.32. The number of carbonyl (C=O) groups excluding carboxylic acids is 2. The fourth-order valence-corrected chi connectivity index (χ4v) is 4.28. The van der Waals surface area contributed by atoms with Crippen LogP contribution in [0.3, 0.4) is 0 Å². The Labute approximate surface area is 204 Å². The normalized spacial score (nSPS) is 16.0. The molecular formula is C26H32FN5O3. The van der Waals surface area contributed by atoms with Crippen LogP contribution in [0.1, 0.15) is 43.5 Å². The van der Waals surface area contributed by atoms with Gasteiger partial charge in [0.2, 0.25) is 5.91 Å². The first kappa shape index (κ1) is 24.7. The van der Waals surface area contributed by atoms with Crippen molar-refractivity contribution in [1.82, 2.24) is 24.6 Å². The summed E-state index contributed by atoms with van der Waals surface area (Å²) in [6.45, 7) is 6.07. The quantitative estimate of drug-likeness (QED) is 0.474. The monoisotopic (exact) mass is 481 g/mol. The number of likely N-dealkylation sites (tertiary alicyclic amines) is 1. The summed E-state index contributed by atoms with van der Waals surface area (Å²) in [5.41, 5.74) is 1.07. The van der Waals surface area contributed by atoms with Gasteiger partial charge in [0.05, 0.1) is 23.9 Å². The number of piperidine rings is 1. The summed E-state index contributed by atoms with van der Waals surface area (Å²) in [4.78, 5) is 28.1. The van der Waals surface area contributed by atoms with Gasteiger partial charge >= 0.3 is 0 Å². The molecule has 0 saturated carbocycles. The molecule has 186 valence electrons. The summed E-state index contributed by atoms with van der Waals surface area (Å²) >= 11 is 0. The lowest BCUT2D eigenvalue weighted by Crippen LogP contribution is -2.45. The van der Waals surface area contributed by atoms with Gasteiger partial charge in [-0.3, -0.25) is 9.59 Å². The van der Waals surface area contributed by atoms with E-state index in [4.69, 9.17) is 4.74 Å². The third-order valence-corrected chi connectivity index (χ3v) is 6.05. The molecule has 0 aliphatic carbocycles. The molecule has 1 aliphatic rings. The van der Waals surface area contributed by atoms with Crippen LogP contribution in [0.5, 0.6) is 0 Å². The van der Waals surface area contributed by atoms with Gasteiger partial charge in [0.15, 0.2) is 5.82 Å². The number of amides is 2. The topological polar surface area (TPSA) is 81.4 Å². The molecule has 35 heavy (non-hydrogen) atoms. The summed E-state index contributed by atoms with van der Waals surface area (Å²) in [6.07, 6.45) is 7.64. The van der Waals surface area contributed by atoms with Gasteiger partial charge in [-0.15, -0.1) is 0 Å². The molecule has 1 aromatic carbocycles. The average molecular weight is 482 g/mol. The minimum Gasteiger partial charge on any atom is -0.379 e. The SMILES string of the molecule is CC(C)OCCCNC(=O)[C@H]1CCCN(C(=O)c2cnn(-c3ccc(F)cc3)c2-n2cccc2)C1. The van der Waals surface area contributed by atoms with Gasteiger partial charge in [-0.1, -0.05) is 0 Å². The highest BCUT2D eigenvalue weighted by molar-refractivity contribution is 5.97. The molecule has 1 fully saturated rings. The van der Waals surface area contributed by atoms with E-state index in [2.05, 4.69) is 10.4 Å². The van der Waals surface area contributed by atoms with Crippen molar-refractivity contribution in [3.8, 4) is 11.5 Å². The van der Waals surface area contributed by atoms with Crippen LogP contribution in [0.4, 0.5) is 4.39 Å². The Morgan fingerprint density at radius 2 is 1.94 bits per heavy atom. The first-order valence-corrected chi connectivity index (χ1v) is 12.1. The molecule has 1 aliphatic heterocycles. The van der Waals surface area contributed by atoms with Crippen molar-refractivity contribution in [3.05, 3.63) is 66.4 Å². The minimum atomic E-state index is -0.343. The maximum Gasteiger partial charge on any atom is 0.259 e. The molecule has 4 rings (SSSR count). The number of halogens is 1. The van der Waals surface area contributed by atoms with Crippen LogP contribution in [0, 0.1) is 11.7 Å². The van der Waals surface area contributed by atoms with Crippen molar-refractivity contribution < 1.29 is 18.7 Å². The van der Waals surface area contributed by atoms with Crippen molar-refractivity contribution in [2.24, 2.45) is 5.92 Å². The Morgan fingerprint density at radius 1 is 1.20 bits per heavy atom. The number of hydrogen-bond acceptors (Lipinski definition) is 4. The number of nitrogens with one attached hydrogen (secondary N) is 1. The molecule has 0 radical (unpaired) electrons. The Balaban J connectivity index is 1.48. The highest BCUT2D eigenvalue weighted by Gasteiger charge is 2.31. The number of ether oxygens (including phenoxy) is 1. The average Bonchev–Trinajstić information content (AvgIpc) is 3.53. The zero-order valence-electron chi connectivity index (χ0n) is 20.2. The zero-order valence-corrected chi connectivity index (χ0v) is 20.2. The molecule has 3 heterocycles. The molecule has 1 N–H and O–H groups in total. The van der Waals surface area contributed by atoms with E-state index >= 15 is 0 Å². The molecule has 3 aromatic rings. The fraction of sp³-hybridized carbons (Fsp3) is 0.423. The van der Waals surface area contributed by atoms with Crippen LogP contribution in [0.15, 0.2) is 55.0 Å². The number of rotatable bonds is 9. The smallest absolute Gasteiger partial charge is 0.259 e. The summed E-state index contributed by atoms with van der Waals surface area (Å²) in [5.74, 6) is -0.224. The Bertz CT molecular complexity index is 1120. The molecule has 0 unspecified atom stereocenters. The number of nitrogens with zero attached hydrogens (tertiary/aromatic N) is 4. The number of hydrogen-bond donors (Lipinski definition) is 1. The largest absolute Gasteiger partial charge is 0.379 e. The van der Waals surface area contributed by atoms with Crippen LogP contribution in [0.25, 0.3) is 11.5 Å². The molecule has 0 spiro atoms. The first-order valence-electron chi connectivity index (χ1n) is 12.1. The molecule has 1 atom stereocenters. The molecule has 9 heteroatoms. The van der Waals surface area contributed by atoms with Crippen molar-refractivity contribution in [1.29, 1.82) is 0 Å². The van der Waals surface area contributed by atoms with Crippen LogP contribution >= 0.6 is 0 Å². The van der Waals surface area contributed by atoms with Crippen LogP contribution in [0.2, 0.25) is 0 Å². The second-order valence-corrected chi connectivity index (χ2v) is 9.01. The van der Waals surface area contributed by atoms with Gasteiger partial charge < -0.3 is 19.5 Å². The third-order valence-electron chi connectivity index (χ3n) is 6.05. The number of benzene rings is 1. The van der Waals surface area contributed by atoms with Crippen molar-refractivity contribution >= 4 is 11.8 Å². The van der Waals surface area contributed by atoms with Gasteiger partial charge in [0.1, 0.15) is 11.4 Å². The van der Waals surface area contributed by atoms with Crippen molar-refractivity contribution in [2.75, 3.05) is 26.2 Å². The first-order chi connectivity index (χ1) is 16.9. The maximum atomic E-state index is 13.6. The minimum absolute atomic E-state index is 0.0281. The summed E-state index contributed by atoms with van der Waals surface area (Å²) in [7, 11) is 0. The van der Waals surface area contributed by atoms with E-state index in [1.165, 1.54) is 12.1 Å². The second-order valence-electron chi connectivity index (χ2n) is 9.01. The van der Waals surface area contributed by atoms with Gasteiger partial charge in [0, 0.05) is 38.6 Å². The Hall–Kier alpha value is -3.46. The van der Waals surface area contributed by atoms with Crippen LogP contribution in [-0.4, -0.2) is 63.4 Å². The predicted octanol–water partition coefficient (Wildman–Crippen LogP) is 3.59. The number of aromatic nitrogens is 3. The van der Waals surface area contributed by atoms with Gasteiger partial charge in [-0.25, -0.2) is 9.07 Å². The highest BCUT2D eigenvalue weighted by atomic mass is 19.1. The fourth-order valence-electron chi connectivity index (χ4n) is 4.28. The summed E-state index contributed by atoms with van der Waals surface area (Å²) in [6, 6.07) is 9.70.